The standard InChI is InChI=1S/C20H26N4O2/c1-26-17-8-6-16(7-9-17)10-11-21-19-14-18(22-15-23-19)20(25)24-12-4-2-3-5-13-24/h6-9,14-15H,2-5,10-13H2,1H3,(H,21,22,23). The third-order valence-corrected chi connectivity index (χ3v) is 4.66. The first-order chi connectivity index (χ1) is 12.8. The normalized spacial score (nSPS) is 14.6. The number of nitrogens with zero attached hydrogens (tertiary/aromatic N) is 3. The van der Waals surface area contributed by atoms with Crippen LogP contribution >= 0.6 is 0 Å². The Morgan fingerprint density at radius 2 is 1.85 bits per heavy atom. The van der Waals surface area contributed by atoms with Gasteiger partial charge in [0.1, 0.15) is 23.6 Å². The summed E-state index contributed by atoms with van der Waals surface area (Å²) in [6, 6.07) is 9.76. The maximum atomic E-state index is 12.7. The molecule has 0 aliphatic carbocycles. The molecule has 0 radical (unpaired) electrons. The summed E-state index contributed by atoms with van der Waals surface area (Å²) in [7, 11) is 1.66. The van der Waals surface area contributed by atoms with Crippen LogP contribution in [0.4, 0.5) is 5.82 Å². The van der Waals surface area contributed by atoms with E-state index in [9.17, 15) is 4.79 Å². The van der Waals surface area contributed by atoms with Crippen LogP contribution in [0, 0.1) is 0 Å². The Kier molecular flexibility index (Phi) is 6.41. The van der Waals surface area contributed by atoms with E-state index in [0.717, 1.165) is 44.6 Å². The van der Waals surface area contributed by atoms with E-state index in [1.807, 2.05) is 17.0 Å². The molecule has 1 N–H and O–H groups in total. The Balaban J connectivity index is 1.55. The number of carbonyl (C=O) groups excluding carboxylic acids is 1. The van der Waals surface area contributed by atoms with Gasteiger partial charge in [-0.15, -0.1) is 0 Å². The molecule has 0 spiro atoms. The van der Waals surface area contributed by atoms with Gasteiger partial charge in [0.2, 0.25) is 0 Å². The first kappa shape index (κ1) is 18.2. The van der Waals surface area contributed by atoms with E-state index < -0.39 is 0 Å². The third-order valence-electron chi connectivity index (χ3n) is 4.66. The van der Waals surface area contributed by atoms with Gasteiger partial charge in [0, 0.05) is 25.7 Å². The van der Waals surface area contributed by atoms with Gasteiger partial charge in [0.15, 0.2) is 0 Å². The molecule has 0 atom stereocenters. The van der Waals surface area contributed by atoms with Gasteiger partial charge in [0.05, 0.1) is 7.11 Å². The lowest BCUT2D eigenvalue weighted by atomic mass is 10.1. The summed E-state index contributed by atoms with van der Waals surface area (Å²) in [5.41, 5.74) is 1.68. The van der Waals surface area contributed by atoms with E-state index in [2.05, 4.69) is 27.4 Å². The molecule has 1 saturated heterocycles. The first-order valence-electron chi connectivity index (χ1n) is 9.24. The minimum atomic E-state index is 0.00695. The van der Waals surface area contributed by atoms with Crippen LogP contribution in [-0.2, 0) is 6.42 Å². The van der Waals surface area contributed by atoms with Gasteiger partial charge in [0.25, 0.3) is 5.91 Å². The number of ether oxygens (including phenoxy) is 1. The van der Waals surface area contributed by atoms with Crippen molar-refractivity contribution in [2.45, 2.75) is 32.1 Å². The molecule has 6 nitrogen and oxygen atoms in total. The van der Waals surface area contributed by atoms with Crippen LogP contribution in [0.5, 0.6) is 5.75 Å². The molecule has 0 bridgehead atoms. The SMILES string of the molecule is COc1ccc(CCNc2cc(C(=O)N3CCCCCC3)ncn2)cc1. The number of carbonyl (C=O) groups is 1. The highest BCUT2D eigenvalue weighted by Crippen LogP contribution is 2.14. The number of hydrogen-bond acceptors (Lipinski definition) is 5. The molecular formula is C20H26N4O2. The highest BCUT2D eigenvalue weighted by molar-refractivity contribution is 5.92. The van der Waals surface area contributed by atoms with Crippen LogP contribution in [0.2, 0.25) is 0 Å². The predicted molar refractivity (Wildman–Crippen MR) is 102 cm³/mol. The fourth-order valence-electron chi connectivity index (χ4n) is 3.13. The van der Waals surface area contributed by atoms with Crippen molar-refractivity contribution in [1.82, 2.24) is 14.9 Å². The Hall–Kier alpha value is -2.63. The van der Waals surface area contributed by atoms with Crippen molar-refractivity contribution < 1.29 is 9.53 Å². The van der Waals surface area contributed by atoms with Crippen molar-refractivity contribution >= 4 is 11.7 Å². The average molecular weight is 354 g/mol. The highest BCUT2D eigenvalue weighted by Gasteiger charge is 2.18. The maximum Gasteiger partial charge on any atom is 0.272 e. The molecule has 1 aromatic heterocycles. The average Bonchev–Trinajstić information content (AvgIpc) is 2.98. The fraction of sp³-hybridized carbons (Fsp3) is 0.450. The van der Waals surface area contributed by atoms with Crippen LogP contribution in [0.15, 0.2) is 36.7 Å². The van der Waals surface area contributed by atoms with Crippen molar-refractivity contribution in [3.63, 3.8) is 0 Å². The van der Waals surface area contributed by atoms with Gasteiger partial charge in [-0.3, -0.25) is 4.79 Å². The number of likely N-dealkylation sites (tertiary alicyclic amines) is 1. The molecular weight excluding hydrogens is 328 g/mol. The van der Waals surface area contributed by atoms with Crippen molar-refractivity contribution in [2.24, 2.45) is 0 Å². The minimum absolute atomic E-state index is 0.00695. The van der Waals surface area contributed by atoms with E-state index >= 15 is 0 Å². The van der Waals surface area contributed by atoms with E-state index in [-0.39, 0.29) is 5.91 Å². The third kappa shape index (κ3) is 4.94. The number of rotatable bonds is 6. The first-order valence-corrected chi connectivity index (χ1v) is 9.24. The second kappa shape index (κ2) is 9.17. The lowest BCUT2D eigenvalue weighted by Gasteiger charge is -2.19. The lowest BCUT2D eigenvalue weighted by molar-refractivity contribution is 0.0755. The molecule has 1 aromatic carbocycles. The van der Waals surface area contributed by atoms with Crippen LogP contribution in [0.1, 0.15) is 41.7 Å². The Morgan fingerprint density at radius 3 is 2.54 bits per heavy atom. The number of aromatic nitrogens is 2. The molecule has 6 heteroatoms. The van der Waals surface area contributed by atoms with Crippen molar-refractivity contribution in [1.29, 1.82) is 0 Å². The summed E-state index contributed by atoms with van der Waals surface area (Å²) in [4.78, 5) is 23.0. The summed E-state index contributed by atoms with van der Waals surface area (Å²) in [6.07, 6.45) is 6.87. The molecule has 1 aliphatic heterocycles. The molecule has 138 valence electrons. The lowest BCUT2D eigenvalue weighted by Crippen LogP contribution is -2.32. The van der Waals surface area contributed by atoms with Gasteiger partial charge >= 0.3 is 0 Å². The van der Waals surface area contributed by atoms with E-state index in [4.69, 9.17) is 4.74 Å². The van der Waals surface area contributed by atoms with Crippen LogP contribution in [0.3, 0.4) is 0 Å². The van der Waals surface area contributed by atoms with E-state index in [1.54, 1.807) is 13.2 Å². The minimum Gasteiger partial charge on any atom is -0.497 e. The van der Waals surface area contributed by atoms with E-state index in [0.29, 0.717) is 11.5 Å². The molecule has 0 saturated carbocycles. The Morgan fingerprint density at radius 1 is 1.12 bits per heavy atom. The molecule has 0 unspecified atom stereocenters. The largest absolute Gasteiger partial charge is 0.497 e. The van der Waals surface area contributed by atoms with Crippen LogP contribution in [-0.4, -0.2) is 47.5 Å². The van der Waals surface area contributed by atoms with Gasteiger partial charge in [-0.1, -0.05) is 25.0 Å². The van der Waals surface area contributed by atoms with Gasteiger partial charge in [-0.05, 0) is 37.0 Å². The smallest absolute Gasteiger partial charge is 0.272 e. The van der Waals surface area contributed by atoms with Gasteiger partial charge < -0.3 is 15.0 Å². The van der Waals surface area contributed by atoms with Gasteiger partial charge in [-0.25, -0.2) is 9.97 Å². The quantitative estimate of drug-likeness (QED) is 0.863. The monoisotopic (exact) mass is 354 g/mol. The Labute approximate surface area is 154 Å². The Bertz CT molecular complexity index is 710. The van der Waals surface area contributed by atoms with Crippen LogP contribution in [0.25, 0.3) is 0 Å². The van der Waals surface area contributed by atoms with Crippen molar-refractivity contribution in [3.8, 4) is 5.75 Å². The summed E-state index contributed by atoms with van der Waals surface area (Å²) >= 11 is 0. The number of methoxy groups -OCH3 is 1. The number of nitrogens with one attached hydrogen (secondary N) is 1. The zero-order valence-corrected chi connectivity index (χ0v) is 15.3. The number of benzene rings is 1. The second-order valence-corrected chi connectivity index (χ2v) is 6.52. The number of anilines is 1. The highest BCUT2D eigenvalue weighted by atomic mass is 16.5. The zero-order valence-electron chi connectivity index (χ0n) is 15.3. The fourth-order valence-corrected chi connectivity index (χ4v) is 3.13. The number of hydrogen-bond donors (Lipinski definition) is 1. The molecule has 2 heterocycles. The second-order valence-electron chi connectivity index (χ2n) is 6.52. The predicted octanol–water partition coefficient (Wildman–Crippen LogP) is 3.16. The summed E-state index contributed by atoms with van der Waals surface area (Å²) < 4.78 is 5.17. The molecule has 1 fully saturated rings. The molecule has 1 amide bonds. The van der Waals surface area contributed by atoms with Crippen LogP contribution < -0.4 is 10.1 Å². The summed E-state index contributed by atoms with van der Waals surface area (Å²) in [5, 5.41) is 3.28. The zero-order chi connectivity index (χ0) is 18.2. The molecule has 2 aromatic rings. The van der Waals surface area contributed by atoms with E-state index in [1.165, 1.54) is 24.7 Å². The molecule has 3 rings (SSSR count). The summed E-state index contributed by atoms with van der Waals surface area (Å²) in [5.74, 6) is 1.55. The van der Waals surface area contributed by atoms with Gasteiger partial charge in [-0.2, -0.15) is 0 Å². The summed E-state index contributed by atoms with van der Waals surface area (Å²) in [6.45, 7) is 2.38. The van der Waals surface area contributed by atoms with Crippen molar-refractivity contribution in [3.05, 3.63) is 47.9 Å². The van der Waals surface area contributed by atoms with Crippen molar-refractivity contribution in [2.75, 3.05) is 32.1 Å². The molecule has 26 heavy (non-hydrogen) atoms. The maximum absolute atomic E-state index is 12.7. The number of amides is 1. The topological polar surface area (TPSA) is 67.3 Å². The molecule has 1 aliphatic rings.